The van der Waals surface area contributed by atoms with Gasteiger partial charge in [0.05, 0.1) is 24.1 Å². The highest BCUT2D eigenvalue weighted by Gasteiger charge is 2.44. The predicted octanol–water partition coefficient (Wildman–Crippen LogP) is 0.845. The molecule has 0 unspecified atom stereocenters. The average Bonchev–Trinajstić information content (AvgIpc) is 2.51. The Morgan fingerprint density at radius 2 is 1.95 bits per heavy atom. The highest BCUT2D eigenvalue weighted by molar-refractivity contribution is 7.97. The van der Waals surface area contributed by atoms with Crippen LogP contribution in [0.15, 0.2) is 0 Å². The zero-order valence-electron chi connectivity index (χ0n) is 12.2. The molecule has 0 bridgehead atoms. The molecular formula is C11H22FO7PS. The Morgan fingerprint density at radius 1 is 1.38 bits per heavy atom. The minimum atomic E-state index is -4.64. The van der Waals surface area contributed by atoms with Gasteiger partial charge in [-0.3, -0.25) is 4.57 Å². The molecule has 0 aromatic carbocycles. The van der Waals surface area contributed by atoms with Crippen molar-refractivity contribution >= 4 is 17.4 Å². The van der Waals surface area contributed by atoms with Gasteiger partial charge in [0, 0.05) is 0 Å². The Kier molecular flexibility index (Phi) is 6.35. The molecule has 0 aliphatic carbocycles. The largest absolute Gasteiger partial charge is 0.370 e. The molecule has 0 radical (unpaired) electrons. The summed E-state index contributed by atoms with van der Waals surface area (Å²) in [5, 5.41) is 0. The predicted molar refractivity (Wildman–Crippen MR) is 74.6 cm³/mol. The first-order valence-electron chi connectivity index (χ1n) is 6.61. The van der Waals surface area contributed by atoms with Crippen molar-refractivity contribution in [2.24, 2.45) is 0 Å². The monoisotopic (exact) mass is 348 g/mol. The molecule has 1 fully saturated rings. The maximum atomic E-state index is 14.0. The van der Waals surface area contributed by atoms with Crippen LogP contribution in [0.1, 0.15) is 27.2 Å². The van der Waals surface area contributed by atoms with Crippen LogP contribution >= 0.6 is 7.60 Å². The van der Waals surface area contributed by atoms with E-state index in [9.17, 15) is 17.4 Å². The molecule has 2 N–H and O–H groups in total. The van der Waals surface area contributed by atoms with Crippen molar-refractivity contribution in [2.75, 3.05) is 11.2 Å². The normalized spacial score (nSPS) is 31.0. The van der Waals surface area contributed by atoms with Crippen molar-refractivity contribution in [3.05, 3.63) is 0 Å². The van der Waals surface area contributed by atoms with Crippen LogP contribution in [0.25, 0.3) is 0 Å². The molecule has 7 nitrogen and oxygen atoms in total. The van der Waals surface area contributed by atoms with E-state index in [1.165, 1.54) is 6.92 Å². The Morgan fingerprint density at radius 3 is 2.43 bits per heavy atom. The molecule has 1 heterocycles. The summed E-state index contributed by atoms with van der Waals surface area (Å²) in [6.07, 6.45) is -3.99. The van der Waals surface area contributed by atoms with E-state index in [0.29, 0.717) is 0 Å². The van der Waals surface area contributed by atoms with Crippen LogP contribution < -0.4 is 0 Å². The molecule has 0 spiro atoms. The molecule has 0 aromatic heterocycles. The Balaban J connectivity index is 2.66. The van der Waals surface area contributed by atoms with Crippen LogP contribution in [0.2, 0.25) is 0 Å². The molecule has 0 aromatic rings. The smallest absolute Gasteiger partial charge is 0.340 e. The molecule has 1 rings (SSSR count). The zero-order chi connectivity index (χ0) is 16.4. The molecule has 1 aliphatic heterocycles. The number of sulfone groups is 1. The van der Waals surface area contributed by atoms with Gasteiger partial charge in [-0.05, 0) is 27.2 Å². The highest BCUT2D eigenvalue weighted by Crippen LogP contribution is 2.37. The summed E-state index contributed by atoms with van der Waals surface area (Å²) >= 11 is 0. The molecule has 0 amide bonds. The van der Waals surface area contributed by atoms with E-state index in [1.807, 2.05) is 0 Å². The lowest BCUT2D eigenvalue weighted by molar-refractivity contribution is -0.0539. The molecule has 1 aliphatic rings. The molecule has 4 atom stereocenters. The van der Waals surface area contributed by atoms with E-state index in [4.69, 9.17) is 19.3 Å². The minimum Gasteiger partial charge on any atom is -0.370 e. The fraction of sp³-hybridized carbons (Fsp3) is 1.00. The van der Waals surface area contributed by atoms with Crippen molar-refractivity contribution < 1.29 is 36.6 Å². The first-order valence-corrected chi connectivity index (χ1v) is 10.2. The van der Waals surface area contributed by atoms with Crippen LogP contribution in [0, 0.1) is 0 Å². The van der Waals surface area contributed by atoms with Gasteiger partial charge in [0.1, 0.15) is 6.10 Å². The maximum Gasteiger partial charge on any atom is 0.340 e. The second-order valence-electron chi connectivity index (χ2n) is 5.50. The average molecular weight is 348 g/mol. The minimum absolute atomic E-state index is 0.0650. The third-order valence-electron chi connectivity index (χ3n) is 3.03. The van der Waals surface area contributed by atoms with Crippen LogP contribution in [-0.2, 0) is 23.9 Å². The standard InChI is InChI=1S/C11H22FO7PS/c1-7(2)18-11-9(19-8(3)10(11)12)4-5-21(16,17)6-20(13,14)15/h7-11H,4-6H2,1-3H3,(H2,13,14,15)/t8-,9+,10-,11+/m0/s1. The lowest BCUT2D eigenvalue weighted by Crippen LogP contribution is -2.35. The Hall–Kier alpha value is -0.0500. The van der Waals surface area contributed by atoms with Gasteiger partial charge in [0.25, 0.3) is 0 Å². The quantitative estimate of drug-likeness (QED) is 0.656. The van der Waals surface area contributed by atoms with Gasteiger partial charge < -0.3 is 19.3 Å². The third kappa shape index (κ3) is 6.30. The second kappa shape index (κ2) is 7.02. The summed E-state index contributed by atoms with van der Waals surface area (Å²) in [6, 6.07) is 0. The summed E-state index contributed by atoms with van der Waals surface area (Å²) in [6.45, 7) is 5.00. The molecule has 10 heteroatoms. The van der Waals surface area contributed by atoms with Crippen LogP contribution in [0.4, 0.5) is 4.39 Å². The first-order chi connectivity index (χ1) is 9.41. The number of ether oxygens (including phenoxy) is 2. The summed E-state index contributed by atoms with van der Waals surface area (Å²) in [5.41, 5.74) is -1.21. The summed E-state index contributed by atoms with van der Waals surface area (Å²) in [5.74, 6) is -0.486. The number of rotatable bonds is 7. The summed E-state index contributed by atoms with van der Waals surface area (Å²) in [7, 11) is -8.58. The maximum absolute atomic E-state index is 14.0. The van der Waals surface area contributed by atoms with Crippen molar-refractivity contribution in [3.63, 3.8) is 0 Å². The SMILES string of the molecule is CC(C)O[C@H]1[C@@H](F)[C@H](C)O[C@@H]1CCS(=O)(=O)CP(=O)(O)O. The van der Waals surface area contributed by atoms with E-state index in [0.717, 1.165) is 0 Å². The molecule has 21 heavy (non-hydrogen) atoms. The number of alkyl halides is 1. The van der Waals surface area contributed by atoms with Crippen molar-refractivity contribution in [3.8, 4) is 0 Å². The van der Waals surface area contributed by atoms with Crippen LogP contribution in [0.5, 0.6) is 0 Å². The van der Waals surface area contributed by atoms with Gasteiger partial charge in [-0.1, -0.05) is 0 Å². The first kappa shape index (κ1) is 19.0. The fourth-order valence-electron chi connectivity index (χ4n) is 2.23. The summed E-state index contributed by atoms with van der Waals surface area (Å²) < 4.78 is 58.7. The van der Waals surface area contributed by atoms with E-state index in [1.54, 1.807) is 13.8 Å². The van der Waals surface area contributed by atoms with Gasteiger partial charge in [-0.2, -0.15) is 0 Å². The number of hydrogen-bond donors (Lipinski definition) is 2. The second-order valence-corrected chi connectivity index (χ2v) is 9.76. The lowest BCUT2D eigenvalue weighted by Gasteiger charge is -2.22. The van der Waals surface area contributed by atoms with E-state index < -0.39 is 53.2 Å². The van der Waals surface area contributed by atoms with Gasteiger partial charge in [0.2, 0.25) is 0 Å². The highest BCUT2D eigenvalue weighted by atomic mass is 32.2. The van der Waals surface area contributed by atoms with E-state index in [-0.39, 0.29) is 12.5 Å². The van der Waals surface area contributed by atoms with Crippen molar-refractivity contribution in [2.45, 2.75) is 57.8 Å². The Bertz CT molecular complexity index is 489. The van der Waals surface area contributed by atoms with E-state index >= 15 is 0 Å². The van der Waals surface area contributed by atoms with Gasteiger partial charge in [-0.25, -0.2) is 12.8 Å². The Labute approximate surface area is 123 Å². The van der Waals surface area contributed by atoms with Gasteiger partial charge in [0.15, 0.2) is 21.5 Å². The lowest BCUT2D eigenvalue weighted by atomic mass is 10.1. The fourth-order valence-corrected chi connectivity index (χ4v) is 5.38. The molecular weight excluding hydrogens is 326 g/mol. The van der Waals surface area contributed by atoms with E-state index in [2.05, 4.69) is 0 Å². The zero-order valence-corrected chi connectivity index (χ0v) is 13.9. The van der Waals surface area contributed by atoms with Crippen LogP contribution in [-0.4, -0.2) is 60.0 Å². The van der Waals surface area contributed by atoms with Crippen molar-refractivity contribution in [1.82, 2.24) is 0 Å². The molecule has 126 valence electrons. The van der Waals surface area contributed by atoms with Crippen molar-refractivity contribution in [1.29, 1.82) is 0 Å². The number of hydrogen-bond acceptors (Lipinski definition) is 5. The number of halogens is 1. The third-order valence-corrected chi connectivity index (χ3v) is 6.80. The molecule has 0 saturated carbocycles. The van der Waals surface area contributed by atoms with Gasteiger partial charge in [-0.15, -0.1) is 0 Å². The molecule has 1 saturated heterocycles. The van der Waals surface area contributed by atoms with Gasteiger partial charge >= 0.3 is 7.60 Å². The summed E-state index contributed by atoms with van der Waals surface area (Å²) in [4.78, 5) is 17.4. The van der Waals surface area contributed by atoms with Crippen LogP contribution in [0.3, 0.4) is 0 Å². The topological polar surface area (TPSA) is 110 Å².